The summed E-state index contributed by atoms with van der Waals surface area (Å²) in [5, 5.41) is 0. The third-order valence-electron chi connectivity index (χ3n) is 1.51. The fourth-order valence-electron chi connectivity index (χ4n) is 0.623. The molecule has 0 atom stereocenters. The van der Waals surface area contributed by atoms with Gasteiger partial charge in [0.25, 0.3) is 0 Å². The predicted molar refractivity (Wildman–Crippen MR) is 51.3 cm³/mol. The number of hydrogen-bond donors (Lipinski definition) is 0. The van der Waals surface area contributed by atoms with E-state index in [4.69, 9.17) is 9.47 Å². The fourth-order valence-corrected chi connectivity index (χ4v) is 0.623. The van der Waals surface area contributed by atoms with Gasteiger partial charge in [0.05, 0.1) is 11.8 Å². The van der Waals surface area contributed by atoms with Gasteiger partial charge in [-0.3, -0.25) is 9.59 Å². The van der Waals surface area contributed by atoms with Crippen molar-refractivity contribution in [1.82, 2.24) is 0 Å². The molecule has 0 aromatic carbocycles. The van der Waals surface area contributed by atoms with Crippen molar-refractivity contribution in [3.05, 3.63) is 0 Å². The van der Waals surface area contributed by atoms with Crippen LogP contribution in [0, 0.1) is 11.8 Å². The van der Waals surface area contributed by atoms with Crippen LogP contribution >= 0.6 is 0 Å². The lowest BCUT2D eigenvalue weighted by Crippen LogP contribution is -2.25. The van der Waals surface area contributed by atoms with Crippen molar-refractivity contribution in [1.29, 1.82) is 0 Å². The Morgan fingerprint density at radius 3 is 1.29 bits per heavy atom. The molecule has 0 amide bonds. The number of rotatable bonds is 4. The normalized spacial score (nSPS) is 10.9. The number of hydrogen-bond acceptors (Lipinski definition) is 4. The zero-order valence-electron chi connectivity index (χ0n) is 9.37. The quantitative estimate of drug-likeness (QED) is 0.514. The zero-order valence-corrected chi connectivity index (χ0v) is 9.37. The monoisotopic (exact) mass is 202 g/mol. The highest BCUT2D eigenvalue weighted by molar-refractivity contribution is 5.73. The molecule has 4 heteroatoms. The largest absolute Gasteiger partial charge is 0.425 e. The Morgan fingerprint density at radius 1 is 0.786 bits per heavy atom. The highest BCUT2D eigenvalue weighted by Crippen LogP contribution is 2.05. The average Bonchev–Trinajstić information content (AvgIpc) is 2.03. The minimum atomic E-state index is -0.806. The van der Waals surface area contributed by atoms with Crippen molar-refractivity contribution in [3.63, 3.8) is 0 Å². The van der Waals surface area contributed by atoms with Gasteiger partial charge >= 0.3 is 11.9 Å². The van der Waals surface area contributed by atoms with E-state index in [9.17, 15) is 9.59 Å². The van der Waals surface area contributed by atoms with E-state index in [1.165, 1.54) is 6.92 Å². The molecule has 14 heavy (non-hydrogen) atoms. The van der Waals surface area contributed by atoms with Crippen LogP contribution in [0.4, 0.5) is 0 Å². The second-order valence-corrected chi connectivity index (χ2v) is 3.75. The van der Waals surface area contributed by atoms with Crippen LogP contribution in [0.3, 0.4) is 0 Å². The van der Waals surface area contributed by atoms with E-state index in [2.05, 4.69) is 0 Å². The van der Waals surface area contributed by atoms with Gasteiger partial charge in [-0.05, 0) is 0 Å². The minimum Gasteiger partial charge on any atom is -0.425 e. The standard InChI is InChI=1S/C10H18O4/c1-6(2)9(11)13-8(5)14-10(12)7(3)4/h6-8H,1-5H3. The molecule has 0 spiro atoms. The van der Waals surface area contributed by atoms with Crippen molar-refractivity contribution in [2.45, 2.75) is 40.9 Å². The molecule has 0 aliphatic rings. The van der Waals surface area contributed by atoms with Gasteiger partial charge in [-0.15, -0.1) is 0 Å². The third-order valence-corrected chi connectivity index (χ3v) is 1.51. The molecule has 82 valence electrons. The first-order valence-electron chi connectivity index (χ1n) is 4.75. The summed E-state index contributed by atoms with van der Waals surface area (Å²) in [6.45, 7) is 8.41. The van der Waals surface area contributed by atoms with E-state index in [0.29, 0.717) is 0 Å². The Bertz CT molecular complexity index is 186. The molecule has 0 aliphatic heterocycles. The summed E-state index contributed by atoms with van der Waals surface area (Å²) in [7, 11) is 0. The van der Waals surface area contributed by atoms with Crippen molar-refractivity contribution in [2.24, 2.45) is 11.8 Å². The Labute approximate surface area is 84.6 Å². The Hall–Kier alpha value is -1.06. The van der Waals surface area contributed by atoms with E-state index in [-0.39, 0.29) is 23.8 Å². The molecular formula is C10H18O4. The van der Waals surface area contributed by atoms with E-state index in [0.717, 1.165) is 0 Å². The van der Waals surface area contributed by atoms with Crippen LogP contribution in [0.1, 0.15) is 34.6 Å². The van der Waals surface area contributed by atoms with Crippen LogP contribution < -0.4 is 0 Å². The maximum absolute atomic E-state index is 11.1. The summed E-state index contributed by atoms with van der Waals surface area (Å²) >= 11 is 0. The summed E-state index contributed by atoms with van der Waals surface area (Å²) in [5.41, 5.74) is 0. The molecule has 4 nitrogen and oxygen atoms in total. The maximum atomic E-state index is 11.1. The molecule has 0 radical (unpaired) electrons. The van der Waals surface area contributed by atoms with Gasteiger partial charge in [0, 0.05) is 6.92 Å². The van der Waals surface area contributed by atoms with Crippen LogP contribution in [0.25, 0.3) is 0 Å². The topological polar surface area (TPSA) is 52.6 Å². The molecule has 0 saturated carbocycles. The Balaban J connectivity index is 3.93. The molecule has 0 rings (SSSR count). The van der Waals surface area contributed by atoms with E-state index < -0.39 is 6.29 Å². The lowest BCUT2D eigenvalue weighted by atomic mass is 10.2. The van der Waals surface area contributed by atoms with Gasteiger partial charge in [-0.25, -0.2) is 0 Å². The second kappa shape index (κ2) is 5.62. The summed E-state index contributed by atoms with van der Waals surface area (Å²) < 4.78 is 9.70. The molecule has 0 aliphatic carbocycles. The van der Waals surface area contributed by atoms with E-state index >= 15 is 0 Å². The fraction of sp³-hybridized carbons (Fsp3) is 0.800. The van der Waals surface area contributed by atoms with Gasteiger partial charge < -0.3 is 9.47 Å². The first kappa shape index (κ1) is 12.9. The van der Waals surface area contributed by atoms with Crippen molar-refractivity contribution < 1.29 is 19.1 Å². The highest BCUT2D eigenvalue weighted by atomic mass is 16.7. The van der Waals surface area contributed by atoms with Gasteiger partial charge in [-0.1, -0.05) is 27.7 Å². The molecule has 0 fully saturated rings. The van der Waals surface area contributed by atoms with Gasteiger partial charge in [0.15, 0.2) is 0 Å². The zero-order chi connectivity index (χ0) is 11.3. The lowest BCUT2D eigenvalue weighted by molar-refractivity contribution is -0.188. The van der Waals surface area contributed by atoms with Gasteiger partial charge in [0.2, 0.25) is 6.29 Å². The Morgan fingerprint density at radius 2 is 1.07 bits per heavy atom. The van der Waals surface area contributed by atoms with Crippen LogP contribution in [0.15, 0.2) is 0 Å². The third kappa shape index (κ3) is 4.84. The lowest BCUT2D eigenvalue weighted by Gasteiger charge is -2.16. The van der Waals surface area contributed by atoms with Crippen LogP contribution in [0.5, 0.6) is 0 Å². The summed E-state index contributed by atoms with van der Waals surface area (Å²) in [6.07, 6.45) is -0.806. The molecule has 0 bridgehead atoms. The molecule has 0 heterocycles. The second-order valence-electron chi connectivity index (χ2n) is 3.75. The number of carbonyl (C=O) groups is 2. The van der Waals surface area contributed by atoms with Crippen molar-refractivity contribution in [3.8, 4) is 0 Å². The molecule has 0 unspecified atom stereocenters. The average molecular weight is 202 g/mol. The van der Waals surface area contributed by atoms with Crippen molar-refractivity contribution in [2.75, 3.05) is 0 Å². The summed E-state index contributed by atoms with van der Waals surface area (Å²) in [6, 6.07) is 0. The molecule has 0 aromatic rings. The molecular weight excluding hydrogens is 184 g/mol. The van der Waals surface area contributed by atoms with E-state index in [1.54, 1.807) is 27.7 Å². The molecule has 0 saturated heterocycles. The van der Waals surface area contributed by atoms with Crippen LogP contribution in [-0.4, -0.2) is 18.2 Å². The smallest absolute Gasteiger partial charge is 0.311 e. The SMILES string of the molecule is CC(OC(=O)C(C)C)OC(=O)C(C)C. The number of ether oxygens (including phenoxy) is 2. The number of carbonyl (C=O) groups excluding carboxylic acids is 2. The summed E-state index contributed by atoms with van der Waals surface area (Å²) in [5.74, 6) is -1.16. The Kier molecular flexibility index (Phi) is 5.20. The van der Waals surface area contributed by atoms with Gasteiger partial charge in [-0.2, -0.15) is 0 Å². The van der Waals surface area contributed by atoms with Gasteiger partial charge in [0.1, 0.15) is 0 Å². The van der Waals surface area contributed by atoms with E-state index in [1.807, 2.05) is 0 Å². The predicted octanol–water partition coefficient (Wildman–Crippen LogP) is 1.73. The van der Waals surface area contributed by atoms with Crippen LogP contribution in [-0.2, 0) is 19.1 Å². The first-order chi connectivity index (χ1) is 6.34. The molecule has 0 aromatic heterocycles. The van der Waals surface area contributed by atoms with Crippen molar-refractivity contribution >= 4 is 11.9 Å². The summed E-state index contributed by atoms with van der Waals surface area (Å²) in [4.78, 5) is 22.2. The molecule has 0 N–H and O–H groups in total. The minimum absolute atomic E-state index is 0.213. The first-order valence-corrected chi connectivity index (χ1v) is 4.75. The highest BCUT2D eigenvalue weighted by Gasteiger charge is 2.17. The van der Waals surface area contributed by atoms with Crippen LogP contribution in [0.2, 0.25) is 0 Å². The maximum Gasteiger partial charge on any atom is 0.311 e. The number of esters is 2.